The first-order valence-corrected chi connectivity index (χ1v) is 18.9. The highest BCUT2D eigenvalue weighted by Gasteiger charge is 2.54. The summed E-state index contributed by atoms with van der Waals surface area (Å²) < 4.78 is 41.2. The normalized spacial score (nSPS) is 22.3. The predicted octanol–water partition coefficient (Wildman–Crippen LogP) is 3.96. The highest BCUT2D eigenvalue weighted by Crippen LogP contribution is 2.54. The van der Waals surface area contributed by atoms with Gasteiger partial charge in [0.25, 0.3) is 0 Å². The van der Waals surface area contributed by atoms with E-state index >= 15 is 0 Å². The van der Waals surface area contributed by atoms with Crippen LogP contribution >= 0.6 is 0 Å². The van der Waals surface area contributed by atoms with Crippen LogP contribution in [0.4, 0.5) is 0 Å². The third kappa shape index (κ3) is 12.6. The summed E-state index contributed by atoms with van der Waals surface area (Å²) >= 11 is 0. The van der Waals surface area contributed by atoms with E-state index < -0.39 is 107 Å². The second-order valence-corrected chi connectivity index (χ2v) is 17.4. The summed E-state index contributed by atoms with van der Waals surface area (Å²) in [4.78, 5) is 101. The molecule has 0 spiro atoms. The van der Waals surface area contributed by atoms with Crippen LogP contribution in [0, 0.1) is 33.5 Å². The van der Waals surface area contributed by atoms with Crippen molar-refractivity contribution in [3.8, 4) is 0 Å². The highest BCUT2D eigenvalue weighted by molar-refractivity contribution is 5.85. The molecule has 3 aliphatic heterocycles. The lowest BCUT2D eigenvalue weighted by molar-refractivity contribution is -0.179. The molecule has 3 rings (SSSR count). The maximum atomic E-state index is 14.2. The number of hydrogen-bond donors (Lipinski definition) is 0. The molecule has 6 atom stereocenters. The molecule has 3 aliphatic rings. The van der Waals surface area contributed by atoms with Gasteiger partial charge in [-0.2, -0.15) is 0 Å². The van der Waals surface area contributed by atoms with E-state index in [0.29, 0.717) is 25.7 Å². The molecule has 16 nitrogen and oxygen atoms in total. The molecular formula is C39H58O16. The summed E-state index contributed by atoms with van der Waals surface area (Å²) in [5.41, 5.74) is -3.54. The first kappa shape index (κ1) is 45.2. The fourth-order valence-electron chi connectivity index (χ4n) is 7.07. The fraction of sp³-hybridized carbons (Fsp3) is 0.795. The van der Waals surface area contributed by atoms with E-state index in [0.717, 1.165) is 0 Å². The largest absolute Gasteiger partial charge is 0.463 e. The van der Waals surface area contributed by atoms with E-state index in [1.54, 1.807) is 13.8 Å². The van der Waals surface area contributed by atoms with Crippen molar-refractivity contribution in [2.75, 3.05) is 33.0 Å². The van der Waals surface area contributed by atoms with Gasteiger partial charge in [-0.05, 0) is 48.9 Å². The monoisotopic (exact) mass is 782 g/mol. The van der Waals surface area contributed by atoms with Gasteiger partial charge in [0.2, 0.25) is 18.3 Å². The maximum Gasteiger partial charge on any atom is 0.347 e. The quantitative estimate of drug-likeness (QED) is 0.134. The molecule has 0 aromatic carbocycles. The lowest BCUT2D eigenvalue weighted by Crippen LogP contribution is -2.49. The summed E-state index contributed by atoms with van der Waals surface area (Å²) in [7, 11) is 0. The second-order valence-electron chi connectivity index (χ2n) is 17.4. The summed E-state index contributed by atoms with van der Waals surface area (Å²) in [5, 5.41) is 0. The van der Waals surface area contributed by atoms with E-state index in [2.05, 4.69) is 0 Å². The Balaban J connectivity index is 1.77. The van der Waals surface area contributed by atoms with Crippen molar-refractivity contribution in [2.24, 2.45) is 33.5 Å². The molecule has 0 N–H and O–H groups in total. The zero-order valence-electron chi connectivity index (χ0n) is 33.6. The van der Waals surface area contributed by atoms with E-state index in [1.807, 2.05) is 48.5 Å². The number of carbonyl (C=O) groups is 8. The van der Waals surface area contributed by atoms with E-state index in [1.165, 1.54) is 0 Å². The predicted molar refractivity (Wildman–Crippen MR) is 189 cm³/mol. The second kappa shape index (κ2) is 18.6. The summed E-state index contributed by atoms with van der Waals surface area (Å²) in [5.74, 6) is -7.12. The van der Waals surface area contributed by atoms with E-state index in [9.17, 15) is 38.4 Å². The lowest BCUT2D eigenvalue weighted by Gasteiger charge is -2.48. The minimum absolute atomic E-state index is 0.0784. The highest BCUT2D eigenvalue weighted by atomic mass is 16.6. The van der Waals surface area contributed by atoms with E-state index in [-0.39, 0.29) is 50.9 Å². The van der Waals surface area contributed by atoms with Crippen molar-refractivity contribution < 1.29 is 76.3 Å². The third-order valence-corrected chi connectivity index (χ3v) is 10.8. The van der Waals surface area contributed by atoms with Gasteiger partial charge in [0, 0.05) is 19.3 Å². The zero-order chi connectivity index (χ0) is 41.4. The SMILES string of the molecule is CC(CCCC(C)(C)C(C)(CC(C)(C)C(CC(C)(C)C)C(=O)OC1CCOC1=O)C(=O)OCC(=O)OC1CCOC1=O)C(=O)OCC(=O)OC1CCOC1=O. The minimum atomic E-state index is -1.36. The first-order chi connectivity index (χ1) is 25.5. The number of cyclic esters (lactones) is 3. The summed E-state index contributed by atoms with van der Waals surface area (Å²) in [6.07, 6.45) is -0.911. The molecular weight excluding hydrogens is 724 g/mol. The molecule has 0 radical (unpaired) electrons. The molecule has 3 heterocycles. The molecule has 6 unspecified atom stereocenters. The third-order valence-electron chi connectivity index (χ3n) is 10.8. The zero-order valence-corrected chi connectivity index (χ0v) is 33.6. The summed E-state index contributed by atoms with van der Waals surface area (Å²) in [6.45, 7) is 15.6. The van der Waals surface area contributed by atoms with Crippen molar-refractivity contribution in [1.29, 1.82) is 0 Å². The van der Waals surface area contributed by atoms with Crippen LogP contribution in [0.1, 0.15) is 114 Å². The van der Waals surface area contributed by atoms with Crippen molar-refractivity contribution in [2.45, 2.75) is 132 Å². The lowest BCUT2D eigenvalue weighted by atomic mass is 9.55. The standard InChI is InChI=1S/C39H58O16/c1-23(30(42)51-20-28(40)53-25-12-16-48-32(25)44)11-10-15-38(7,8)39(9,35(47)52-21-29(41)54-26-13-17-49-33(26)45)22-37(5,6)24(19-36(2,3)4)31(43)55-27-14-18-50-34(27)46/h23-27H,10-22H2,1-9H3. The van der Waals surface area contributed by atoms with E-state index in [4.69, 9.17) is 37.9 Å². The van der Waals surface area contributed by atoms with Gasteiger partial charge < -0.3 is 37.9 Å². The van der Waals surface area contributed by atoms with Gasteiger partial charge in [-0.3, -0.25) is 14.4 Å². The van der Waals surface area contributed by atoms with Crippen LogP contribution in [0.25, 0.3) is 0 Å². The fourth-order valence-corrected chi connectivity index (χ4v) is 7.07. The Bertz CT molecular complexity index is 1460. The number of hydrogen-bond acceptors (Lipinski definition) is 16. The van der Waals surface area contributed by atoms with Crippen LogP contribution in [-0.2, 0) is 76.3 Å². The summed E-state index contributed by atoms with van der Waals surface area (Å²) in [6, 6.07) is 0. The van der Waals surface area contributed by atoms with Crippen LogP contribution < -0.4 is 0 Å². The maximum absolute atomic E-state index is 14.2. The molecule has 55 heavy (non-hydrogen) atoms. The van der Waals surface area contributed by atoms with Gasteiger partial charge in [-0.25, -0.2) is 24.0 Å². The first-order valence-electron chi connectivity index (χ1n) is 18.9. The van der Waals surface area contributed by atoms with Crippen molar-refractivity contribution in [3.05, 3.63) is 0 Å². The van der Waals surface area contributed by atoms with Crippen molar-refractivity contribution in [3.63, 3.8) is 0 Å². The Hall–Kier alpha value is -4.24. The Kier molecular flexibility index (Phi) is 15.3. The molecule has 0 aliphatic carbocycles. The Labute approximate surface area is 322 Å². The average molecular weight is 783 g/mol. The number of ether oxygens (including phenoxy) is 8. The topological polar surface area (TPSA) is 210 Å². The molecule has 0 aromatic heterocycles. The van der Waals surface area contributed by atoms with Gasteiger partial charge in [0.15, 0.2) is 13.2 Å². The van der Waals surface area contributed by atoms with Crippen LogP contribution in [0.2, 0.25) is 0 Å². The minimum Gasteiger partial charge on any atom is -0.463 e. The van der Waals surface area contributed by atoms with Crippen LogP contribution in [0.3, 0.4) is 0 Å². The molecule has 3 fully saturated rings. The van der Waals surface area contributed by atoms with Gasteiger partial charge in [0.05, 0.1) is 37.1 Å². The molecule has 0 bridgehead atoms. The Morgan fingerprint density at radius 3 is 1.56 bits per heavy atom. The molecule has 0 aromatic rings. The average Bonchev–Trinajstić information content (AvgIpc) is 3.81. The molecule has 3 saturated heterocycles. The van der Waals surface area contributed by atoms with Crippen LogP contribution in [0.15, 0.2) is 0 Å². The van der Waals surface area contributed by atoms with Gasteiger partial charge in [0.1, 0.15) is 0 Å². The number of rotatable bonds is 19. The number of esters is 8. The van der Waals surface area contributed by atoms with Crippen LogP contribution in [-0.4, -0.2) is 99.1 Å². The van der Waals surface area contributed by atoms with Crippen LogP contribution in [0.5, 0.6) is 0 Å². The van der Waals surface area contributed by atoms with Crippen molar-refractivity contribution >= 4 is 47.8 Å². The Morgan fingerprint density at radius 1 is 0.673 bits per heavy atom. The number of carbonyl (C=O) groups excluding carboxylic acids is 8. The molecule has 310 valence electrons. The molecule has 16 heteroatoms. The van der Waals surface area contributed by atoms with Gasteiger partial charge in [-0.15, -0.1) is 0 Å². The smallest absolute Gasteiger partial charge is 0.347 e. The molecule has 0 saturated carbocycles. The molecule has 0 amide bonds. The van der Waals surface area contributed by atoms with Gasteiger partial charge in [-0.1, -0.05) is 61.8 Å². The van der Waals surface area contributed by atoms with Crippen molar-refractivity contribution in [1.82, 2.24) is 0 Å². The Morgan fingerprint density at radius 2 is 1.13 bits per heavy atom. The van der Waals surface area contributed by atoms with Gasteiger partial charge >= 0.3 is 47.8 Å².